The number of ether oxygens (including phenoxy) is 2. The van der Waals surface area contributed by atoms with E-state index in [1.807, 2.05) is 0 Å². The van der Waals surface area contributed by atoms with Gasteiger partial charge < -0.3 is 24.8 Å². The molecule has 0 saturated carbocycles. The van der Waals surface area contributed by atoms with Crippen LogP contribution < -0.4 is 10.1 Å². The van der Waals surface area contributed by atoms with Gasteiger partial charge in [0.1, 0.15) is 5.75 Å². The van der Waals surface area contributed by atoms with Gasteiger partial charge in [0.25, 0.3) is 0 Å². The van der Waals surface area contributed by atoms with E-state index in [9.17, 15) is 14.4 Å². The van der Waals surface area contributed by atoms with Gasteiger partial charge in [-0.3, -0.25) is 4.79 Å². The van der Waals surface area contributed by atoms with Crippen molar-refractivity contribution in [2.24, 2.45) is 5.92 Å². The van der Waals surface area contributed by atoms with Gasteiger partial charge in [0.2, 0.25) is 0 Å². The van der Waals surface area contributed by atoms with E-state index in [1.54, 1.807) is 6.07 Å². The third-order valence-electron chi connectivity index (χ3n) is 3.19. The van der Waals surface area contributed by atoms with Gasteiger partial charge in [-0.15, -0.1) is 0 Å². The fraction of sp³-hybridized carbons (Fsp3) is 0.400. The minimum absolute atomic E-state index is 0.0326. The topological polar surface area (TPSA) is 105 Å². The van der Waals surface area contributed by atoms with Crippen LogP contribution in [0.5, 0.6) is 5.75 Å². The molecule has 2 amide bonds. The number of esters is 1. The molecule has 1 atom stereocenters. The molecule has 0 aliphatic heterocycles. The molecule has 0 spiro atoms. The summed E-state index contributed by atoms with van der Waals surface area (Å²) in [6.45, 7) is 1.53. The number of hydrogen-bond donors (Lipinski definition) is 2. The number of carbonyl (C=O) groups excluding carboxylic acids is 2. The predicted molar refractivity (Wildman–Crippen MR) is 82.8 cm³/mol. The number of hydrogen-bond acceptors (Lipinski definition) is 5. The van der Waals surface area contributed by atoms with E-state index in [1.165, 1.54) is 45.2 Å². The molecule has 2 N–H and O–H groups in total. The van der Waals surface area contributed by atoms with E-state index in [-0.39, 0.29) is 17.8 Å². The Bertz CT molecular complexity index is 602. The Morgan fingerprint density at radius 2 is 1.96 bits per heavy atom. The monoisotopic (exact) mass is 324 g/mol. The summed E-state index contributed by atoms with van der Waals surface area (Å²) >= 11 is 0. The Morgan fingerprint density at radius 1 is 1.30 bits per heavy atom. The highest BCUT2D eigenvalue weighted by Gasteiger charge is 2.20. The van der Waals surface area contributed by atoms with Crippen molar-refractivity contribution in [3.63, 3.8) is 0 Å². The Labute approximate surface area is 134 Å². The molecule has 0 saturated heterocycles. The zero-order valence-corrected chi connectivity index (χ0v) is 13.5. The largest absolute Gasteiger partial charge is 0.497 e. The van der Waals surface area contributed by atoms with Crippen molar-refractivity contribution in [1.29, 1.82) is 0 Å². The summed E-state index contributed by atoms with van der Waals surface area (Å²) in [7, 11) is 4.15. The smallest absolute Gasteiger partial charge is 0.340 e. The first-order valence-electron chi connectivity index (χ1n) is 6.81. The highest BCUT2D eigenvalue weighted by Crippen LogP contribution is 2.23. The van der Waals surface area contributed by atoms with Crippen LogP contribution >= 0.6 is 0 Å². The van der Waals surface area contributed by atoms with Crippen molar-refractivity contribution >= 4 is 23.7 Å². The van der Waals surface area contributed by atoms with Crippen molar-refractivity contribution in [2.75, 3.05) is 33.1 Å². The van der Waals surface area contributed by atoms with Crippen LogP contribution in [0, 0.1) is 5.92 Å². The summed E-state index contributed by atoms with van der Waals surface area (Å²) in [4.78, 5) is 36.0. The van der Waals surface area contributed by atoms with Crippen molar-refractivity contribution < 1.29 is 29.0 Å². The molecule has 1 aromatic carbocycles. The molecular weight excluding hydrogens is 304 g/mol. The lowest BCUT2D eigenvalue weighted by Crippen LogP contribution is -2.37. The van der Waals surface area contributed by atoms with Gasteiger partial charge in [-0.25, -0.2) is 9.59 Å². The summed E-state index contributed by atoms with van der Waals surface area (Å²) in [5.74, 6) is -1.89. The highest BCUT2D eigenvalue weighted by atomic mass is 16.5. The minimum Gasteiger partial charge on any atom is -0.497 e. The molecule has 0 bridgehead atoms. The normalized spacial score (nSPS) is 11.3. The Kier molecular flexibility index (Phi) is 6.37. The van der Waals surface area contributed by atoms with Crippen molar-refractivity contribution in [3.05, 3.63) is 23.8 Å². The van der Waals surface area contributed by atoms with Gasteiger partial charge in [0, 0.05) is 13.6 Å². The third-order valence-corrected chi connectivity index (χ3v) is 3.19. The number of rotatable bonds is 6. The van der Waals surface area contributed by atoms with Gasteiger partial charge >= 0.3 is 18.0 Å². The fourth-order valence-electron chi connectivity index (χ4n) is 1.82. The van der Waals surface area contributed by atoms with E-state index >= 15 is 0 Å². The van der Waals surface area contributed by atoms with Crippen LogP contribution in [0.2, 0.25) is 0 Å². The number of aliphatic carboxylic acids is 1. The summed E-state index contributed by atoms with van der Waals surface area (Å²) in [5.41, 5.74) is 0.386. The molecule has 0 radical (unpaired) electrons. The molecule has 0 fully saturated rings. The maximum absolute atomic E-state index is 12.1. The zero-order valence-electron chi connectivity index (χ0n) is 13.5. The number of carboxylic acids is 1. The number of nitrogens with one attached hydrogen (secondary N) is 1. The molecule has 0 heterocycles. The molecule has 0 aromatic heterocycles. The Hall–Kier alpha value is -2.77. The lowest BCUT2D eigenvalue weighted by atomic mass is 10.1. The number of carbonyl (C=O) groups is 3. The number of carboxylic acid groups (broad SMARTS) is 1. The molecule has 1 aromatic rings. The number of benzene rings is 1. The number of amides is 2. The maximum atomic E-state index is 12.1. The third kappa shape index (κ3) is 4.87. The van der Waals surface area contributed by atoms with Crippen molar-refractivity contribution in [2.45, 2.75) is 6.92 Å². The van der Waals surface area contributed by atoms with Crippen LogP contribution in [0.25, 0.3) is 0 Å². The van der Waals surface area contributed by atoms with E-state index in [4.69, 9.17) is 9.84 Å². The van der Waals surface area contributed by atoms with E-state index in [0.717, 1.165) is 0 Å². The van der Waals surface area contributed by atoms with E-state index in [0.29, 0.717) is 5.75 Å². The standard InChI is InChI=1S/C15H20N2O6/c1-9(13(18)19)8-17(2)15(21)16-12-6-5-10(22-3)7-11(12)14(20)23-4/h5-7,9H,8H2,1-4H3,(H,16,21)(H,18,19). The van der Waals surface area contributed by atoms with Crippen LogP contribution in [0.1, 0.15) is 17.3 Å². The first kappa shape index (κ1) is 18.3. The molecule has 8 heteroatoms. The quantitative estimate of drug-likeness (QED) is 0.771. The summed E-state index contributed by atoms with van der Waals surface area (Å²) < 4.78 is 9.72. The average Bonchev–Trinajstić information content (AvgIpc) is 2.53. The molecule has 8 nitrogen and oxygen atoms in total. The molecular formula is C15H20N2O6. The minimum atomic E-state index is -0.996. The van der Waals surface area contributed by atoms with Crippen molar-refractivity contribution in [3.8, 4) is 5.75 Å². The van der Waals surface area contributed by atoms with Gasteiger partial charge in [-0.1, -0.05) is 6.92 Å². The number of urea groups is 1. The molecule has 1 unspecified atom stereocenters. The van der Waals surface area contributed by atoms with Gasteiger partial charge in [-0.2, -0.15) is 0 Å². The first-order valence-corrected chi connectivity index (χ1v) is 6.81. The lowest BCUT2D eigenvalue weighted by molar-refractivity contribution is -0.141. The highest BCUT2D eigenvalue weighted by molar-refractivity contribution is 6.01. The Morgan fingerprint density at radius 3 is 2.48 bits per heavy atom. The second-order valence-electron chi connectivity index (χ2n) is 4.95. The van der Waals surface area contributed by atoms with Gasteiger partial charge in [0.15, 0.2) is 0 Å². The number of methoxy groups -OCH3 is 2. The van der Waals surface area contributed by atoms with E-state index in [2.05, 4.69) is 10.1 Å². The van der Waals surface area contributed by atoms with Crippen LogP contribution in [-0.4, -0.2) is 55.8 Å². The maximum Gasteiger partial charge on any atom is 0.340 e. The van der Waals surface area contributed by atoms with Crippen LogP contribution in [0.4, 0.5) is 10.5 Å². The second kappa shape index (κ2) is 8.02. The lowest BCUT2D eigenvalue weighted by Gasteiger charge is -2.21. The summed E-state index contributed by atoms with van der Waals surface area (Å²) in [6.07, 6.45) is 0. The Balaban J connectivity index is 2.92. The van der Waals surface area contributed by atoms with Crippen LogP contribution in [-0.2, 0) is 9.53 Å². The van der Waals surface area contributed by atoms with Crippen LogP contribution in [0.3, 0.4) is 0 Å². The molecule has 1 rings (SSSR count). The fourth-order valence-corrected chi connectivity index (χ4v) is 1.82. The predicted octanol–water partition coefficient (Wildman–Crippen LogP) is 1.67. The van der Waals surface area contributed by atoms with E-state index < -0.39 is 23.9 Å². The molecule has 23 heavy (non-hydrogen) atoms. The molecule has 126 valence electrons. The second-order valence-corrected chi connectivity index (χ2v) is 4.95. The number of nitrogens with zero attached hydrogens (tertiary/aromatic N) is 1. The number of anilines is 1. The summed E-state index contributed by atoms with van der Waals surface area (Å²) in [6, 6.07) is 4.01. The molecule has 0 aliphatic carbocycles. The SMILES string of the molecule is COC(=O)c1cc(OC)ccc1NC(=O)N(C)CC(C)C(=O)O. The zero-order chi connectivity index (χ0) is 17.6. The molecule has 0 aliphatic rings. The van der Waals surface area contributed by atoms with Gasteiger partial charge in [-0.05, 0) is 18.2 Å². The first-order chi connectivity index (χ1) is 10.8. The van der Waals surface area contributed by atoms with Gasteiger partial charge in [0.05, 0.1) is 31.4 Å². The van der Waals surface area contributed by atoms with Crippen molar-refractivity contribution in [1.82, 2.24) is 4.90 Å². The van der Waals surface area contributed by atoms with Crippen LogP contribution in [0.15, 0.2) is 18.2 Å². The average molecular weight is 324 g/mol. The summed E-state index contributed by atoms with van der Waals surface area (Å²) in [5, 5.41) is 11.4.